The third kappa shape index (κ3) is 23.8. The molecule has 3 amide bonds. The summed E-state index contributed by atoms with van der Waals surface area (Å²) in [7, 11) is 0. The Labute approximate surface area is 367 Å². The Morgan fingerprint density at radius 2 is 1.11 bits per heavy atom. The van der Waals surface area contributed by atoms with Crippen LogP contribution in [0.3, 0.4) is 0 Å². The van der Waals surface area contributed by atoms with E-state index in [0.717, 1.165) is 30.0 Å². The van der Waals surface area contributed by atoms with Crippen LogP contribution in [0.1, 0.15) is 71.9 Å². The minimum atomic E-state index is -1.00. The van der Waals surface area contributed by atoms with E-state index in [2.05, 4.69) is 40.0 Å². The van der Waals surface area contributed by atoms with Crippen molar-refractivity contribution in [2.75, 3.05) is 13.1 Å². The number of carbonyl (C=O) groups excluding carboxylic acids is 6. The van der Waals surface area contributed by atoms with E-state index in [-0.39, 0.29) is 21.6 Å². The summed E-state index contributed by atoms with van der Waals surface area (Å²) >= 11 is 16.2. The third-order valence-electron chi connectivity index (χ3n) is 6.63. The Hall–Kier alpha value is -6.30. The lowest BCUT2D eigenvalue weighted by Crippen LogP contribution is -2.38. The van der Waals surface area contributed by atoms with Crippen molar-refractivity contribution in [3.8, 4) is 0 Å². The van der Waals surface area contributed by atoms with Crippen LogP contribution >= 0.6 is 34.8 Å². The van der Waals surface area contributed by atoms with Gasteiger partial charge in [0.25, 0.3) is 17.7 Å². The Balaban J connectivity index is 0.000000400. The highest BCUT2D eigenvalue weighted by atomic mass is 35.5. The lowest BCUT2D eigenvalue weighted by molar-refractivity contribution is -0.162. The Bertz CT molecular complexity index is 2100. The SMILES string of the molecule is CC(C)(C)C(=O)Cl.CC(C)(C)C(=O)OC(=O)/C=C/c1ncccn1.O=C(/C=C/c1ncccn1)N1CCC=C(Cl)C1=O.O=C(O)/C=C/c1ncccn1.O=C1NCCC=C1Cl. The van der Waals surface area contributed by atoms with Gasteiger partial charge in [-0.2, -0.15) is 0 Å². The number of ether oxygens (including phenoxy) is 1. The van der Waals surface area contributed by atoms with Gasteiger partial charge in [-0.15, -0.1) is 0 Å². The van der Waals surface area contributed by atoms with Gasteiger partial charge in [-0.3, -0.25) is 28.9 Å². The summed E-state index contributed by atoms with van der Waals surface area (Å²) in [6.45, 7) is 11.4. The van der Waals surface area contributed by atoms with Crippen molar-refractivity contribution in [2.45, 2.75) is 54.4 Å². The molecule has 3 aromatic rings. The van der Waals surface area contributed by atoms with Crippen molar-refractivity contribution in [3.63, 3.8) is 0 Å². The number of amides is 3. The van der Waals surface area contributed by atoms with E-state index in [1.165, 1.54) is 24.3 Å². The zero-order chi connectivity index (χ0) is 46.0. The summed E-state index contributed by atoms with van der Waals surface area (Å²) in [5.41, 5.74) is -1.08. The summed E-state index contributed by atoms with van der Waals surface area (Å²) < 4.78 is 4.62. The topological polar surface area (TPSA) is 242 Å². The fourth-order valence-electron chi connectivity index (χ4n) is 3.40. The summed E-state index contributed by atoms with van der Waals surface area (Å²) in [5.74, 6) is -2.14. The highest BCUT2D eigenvalue weighted by molar-refractivity contribution is 6.64. The van der Waals surface area contributed by atoms with Crippen LogP contribution in [-0.2, 0) is 38.3 Å². The summed E-state index contributed by atoms with van der Waals surface area (Å²) in [4.78, 5) is 101. The van der Waals surface area contributed by atoms with Crippen LogP contribution in [0.2, 0.25) is 0 Å². The number of imide groups is 1. The molecule has 0 aliphatic carbocycles. The highest BCUT2D eigenvalue weighted by Crippen LogP contribution is 2.17. The van der Waals surface area contributed by atoms with Gasteiger partial charge in [-0.05, 0) is 81.6 Å². The molecule has 324 valence electrons. The molecule has 3 aromatic heterocycles. The number of halogens is 3. The van der Waals surface area contributed by atoms with Gasteiger partial charge in [0.1, 0.15) is 10.1 Å². The number of esters is 2. The van der Waals surface area contributed by atoms with E-state index in [4.69, 9.17) is 39.9 Å². The molecule has 0 radical (unpaired) electrons. The summed E-state index contributed by atoms with van der Waals surface area (Å²) in [6.07, 6.45) is 21.7. The molecule has 5 rings (SSSR count). The molecule has 17 nitrogen and oxygen atoms in total. The van der Waals surface area contributed by atoms with Crippen LogP contribution in [0.15, 0.2) is 95.8 Å². The zero-order valence-corrected chi connectivity index (χ0v) is 36.4. The molecule has 0 saturated heterocycles. The first-order valence-electron chi connectivity index (χ1n) is 18.0. The molecular weight excluding hydrogens is 855 g/mol. The van der Waals surface area contributed by atoms with Crippen LogP contribution < -0.4 is 5.32 Å². The van der Waals surface area contributed by atoms with E-state index in [0.29, 0.717) is 35.5 Å². The van der Waals surface area contributed by atoms with E-state index < -0.39 is 35.1 Å². The smallest absolute Gasteiger partial charge is 0.338 e. The lowest BCUT2D eigenvalue weighted by Gasteiger charge is -2.21. The molecule has 0 saturated carbocycles. The number of rotatable bonds is 6. The largest absolute Gasteiger partial charge is 0.478 e. The van der Waals surface area contributed by atoms with E-state index in [9.17, 15) is 33.6 Å². The molecule has 20 heteroatoms. The predicted octanol–water partition coefficient (Wildman–Crippen LogP) is 5.98. The first-order valence-corrected chi connectivity index (χ1v) is 19.1. The molecule has 5 heterocycles. The summed E-state index contributed by atoms with van der Waals surface area (Å²) in [5, 5.41) is 10.9. The maximum atomic E-state index is 11.8. The second-order valence-electron chi connectivity index (χ2n) is 13.9. The van der Waals surface area contributed by atoms with Crippen LogP contribution in [0, 0.1) is 10.8 Å². The highest BCUT2D eigenvalue weighted by Gasteiger charge is 2.25. The van der Waals surface area contributed by atoms with Crippen LogP contribution in [0.5, 0.6) is 0 Å². The van der Waals surface area contributed by atoms with Gasteiger partial charge >= 0.3 is 17.9 Å². The molecule has 0 fully saturated rings. The molecule has 2 aliphatic heterocycles. The maximum absolute atomic E-state index is 11.8. The minimum absolute atomic E-state index is 0.0824. The van der Waals surface area contributed by atoms with E-state index >= 15 is 0 Å². The van der Waals surface area contributed by atoms with Crippen LogP contribution in [-0.4, -0.2) is 93.9 Å². The Morgan fingerprint density at radius 3 is 1.49 bits per heavy atom. The lowest BCUT2D eigenvalue weighted by atomic mass is 9.97. The zero-order valence-electron chi connectivity index (χ0n) is 34.1. The molecule has 2 N–H and O–H groups in total. The predicted molar refractivity (Wildman–Crippen MR) is 229 cm³/mol. The van der Waals surface area contributed by atoms with Gasteiger partial charge in [-0.1, -0.05) is 56.1 Å². The van der Waals surface area contributed by atoms with Crippen LogP contribution in [0.25, 0.3) is 18.2 Å². The monoisotopic (exact) mass is 898 g/mol. The second kappa shape index (κ2) is 27.5. The van der Waals surface area contributed by atoms with Crippen molar-refractivity contribution < 1.29 is 43.4 Å². The van der Waals surface area contributed by atoms with Crippen molar-refractivity contribution in [1.29, 1.82) is 0 Å². The number of nitrogens with one attached hydrogen (secondary N) is 1. The summed E-state index contributed by atoms with van der Waals surface area (Å²) in [6, 6.07) is 5.01. The number of aromatic nitrogens is 6. The molecular formula is C41H45Cl3N8O9. The van der Waals surface area contributed by atoms with Crippen molar-refractivity contribution in [2.24, 2.45) is 10.8 Å². The Kier molecular flexibility index (Phi) is 23.7. The molecule has 0 spiro atoms. The van der Waals surface area contributed by atoms with Crippen molar-refractivity contribution in [3.05, 3.63) is 113 Å². The number of hydrogen-bond donors (Lipinski definition) is 2. The maximum Gasteiger partial charge on any atom is 0.338 e. The third-order valence-corrected chi connectivity index (χ3v) is 7.84. The molecule has 0 bridgehead atoms. The van der Waals surface area contributed by atoms with Gasteiger partial charge < -0.3 is 15.2 Å². The van der Waals surface area contributed by atoms with Crippen molar-refractivity contribution >= 4 is 93.9 Å². The average Bonchev–Trinajstić information content (AvgIpc) is 3.22. The van der Waals surface area contributed by atoms with Gasteiger partial charge in [0, 0.05) is 73.9 Å². The number of nitrogens with zero attached hydrogens (tertiary/aromatic N) is 7. The van der Waals surface area contributed by atoms with Gasteiger partial charge in [-0.25, -0.2) is 39.5 Å². The molecule has 0 aromatic carbocycles. The molecule has 0 atom stereocenters. The number of aliphatic carboxylic acids is 1. The Morgan fingerprint density at radius 1 is 0.689 bits per heavy atom. The number of carboxylic acid groups (broad SMARTS) is 1. The first-order chi connectivity index (χ1) is 28.6. The fraction of sp³-hybridized carbons (Fsp3) is 0.293. The minimum Gasteiger partial charge on any atom is -0.478 e. The standard InChI is InChI=1S/C12H10ClN3O2.C12H14N2O3.C7H6N2O2.C5H6ClNO.C5H9ClO/c13-9-3-1-8-16(12(9)18)11(17)5-4-10-14-6-2-7-15-10;1-12(2,3)11(16)17-10(15)6-5-9-13-7-4-8-14-9;10-7(11)3-2-6-8-4-1-5-9-6;6-4-2-1-3-7-5(4)8;1-5(2,3)4(6)7/h2-7H,1,8H2;4-8H,1-3H3;1-5H,(H,10,11);2H,1,3H2,(H,7,8);1-3H3/b5-4+;6-5+;3-2+;;. The van der Waals surface area contributed by atoms with Gasteiger partial charge in [0.2, 0.25) is 5.24 Å². The quantitative estimate of drug-likeness (QED) is 0.125. The van der Waals surface area contributed by atoms with Crippen LogP contribution in [0.4, 0.5) is 0 Å². The fourth-order valence-corrected chi connectivity index (χ4v) is 3.79. The van der Waals surface area contributed by atoms with E-state index in [1.54, 1.807) is 109 Å². The average molecular weight is 900 g/mol. The number of carboxylic acids is 1. The molecule has 2 aliphatic rings. The second-order valence-corrected chi connectivity index (χ2v) is 15.0. The van der Waals surface area contributed by atoms with Gasteiger partial charge in [0.05, 0.1) is 5.41 Å². The molecule has 0 unspecified atom stereocenters. The number of carbonyl (C=O) groups is 7. The molecule has 61 heavy (non-hydrogen) atoms. The van der Waals surface area contributed by atoms with Gasteiger partial charge in [0.15, 0.2) is 17.5 Å². The normalized spacial score (nSPS) is 13.6. The van der Waals surface area contributed by atoms with E-state index in [1.807, 2.05) is 0 Å². The first kappa shape index (κ1) is 52.7. The number of hydrogen-bond acceptors (Lipinski definition) is 14. The van der Waals surface area contributed by atoms with Crippen molar-refractivity contribution in [1.82, 2.24) is 40.1 Å².